The van der Waals surface area contributed by atoms with Gasteiger partial charge in [0.05, 0.1) is 4.47 Å². The summed E-state index contributed by atoms with van der Waals surface area (Å²) in [5.74, 6) is -2.30. The standard InChI is InChI=1S/C16H9BrF3N/c1-8-11(10-3-2-4-12(18)14(10)17)7-9-5-6-13(19)15(20)16(9)21-8/h2-7H,1H3. The predicted octanol–water partition coefficient (Wildman–Crippen LogP) is 5.39. The third kappa shape index (κ3) is 2.31. The van der Waals surface area contributed by atoms with Crippen LogP contribution in [-0.4, -0.2) is 4.98 Å². The number of hydrogen-bond donors (Lipinski definition) is 0. The van der Waals surface area contributed by atoms with E-state index in [1.807, 2.05) is 0 Å². The molecule has 3 aromatic rings. The van der Waals surface area contributed by atoms with Crippen molar-refractivity contribution in [3.8, 4) is 11.1 Å². The summed E-state index contributed by atoms with van der Waals surface area (Å²) < 4.78 is 41.0. The number of aromatic nitrogens is 1. The zero-order valence-corrected chi connectivity index (χ0v) is 12.5. The minimum atomic E-state index is -0.972. The van der Waals surface area contributed by atoms with Crippen molar-refractivity contribution < 1.29 is 13.2 Å². The molecule has 0 bridgehead atoms. The van der Waals surface area contributed by atoms with Crippen LogP contribution in [0.2, 0.25) is 0 Å². The molecule has 21 heavy (non-hydrogen) atoms. The smallest absolute Gasteiger partial charge is 0.184 e. The van der Waals surface area contributed by atoms with Crippen LogP contribution in [0, 0.1) is 24.4 Å². The van der Waals surface area contributed by atoms with E-state index in [4.69, 9.17) is 0 Å². The van der Waals surface area contributed by atoms with Gasteiger partial charge in [0.25, 0.3) is 0 Å². The molecule has 5 heteroatoms. The fraction of sp³-hybridized carbons (Fsp3) is 0.0625. The van der Waals surface area contributed by atoms with Gasteiger partial charge in [-0.05, 0) is 47.1 Å². The molecule has 0 unspecified atom stereocenters. The van der Waals surface area contributed by atoms with Crippen molar-refractivity contribution in [2.75, 3.05) is 0 Å². The Morgan fingerprint density at radius 1 is 0.952 bits per heavy atom. The summed E-state index contributed by atoms with van der Waals surface area (Å²) >= 11 is 3.20. The summed E-state index contributed by atoms with van der Waals surface area (Å²) in [5, 5.41) is 0.464. The van der Waals surface area contributed by atoms with Gasteiger partial charge in [-0.3, -0.25) is 0 Å². The normalized spacial score (nSPS) is 11.1. The number of nitrogens with zero attached hydrogens (tertiary/aromatic N) is 1. The van der Waals surface area contributed by atoms with Crippen molar-refractivity contribution in [3.05, 3.63) is 64.0 Å². The molecule has 0 spiro atoms. The fourth-order valence-corrected chi connectivity index (χ4v) is 2.74. The molecule has 0 atom stereocenters. The molecule has 0 aliphatic carbocycles. The fourth-order valence-electron chi connectivity index (χ4n) is 2.26. The van der Waals surface area contributed by atoms with Crippen LogP contribution in [0.5, 0.6) is 0 Å². The number of fused-ring (bicyclic) bond motifs is 1. The van der Waals surface area contributed by atoms with Crippen LogP contribution in [0.4, 0.5) is 13.2 Å². The number of rotatable bonds is 1. The molecule has 3 rings (SSSR count). The molecule has 0 aliphatic rings. The summed E-state index contributed by atoms with van der Waals surface area (Å²) in [6.45, 7) is 1.68. The van der Waals surface area contributed by atoms with E-state index in [-0.39, 0.29) is 5.52 Å². The molecule has 1 aromatic heterocycles. The molecule has 0 saturated heterocycles. The molecule has 2 aromatic carbocycles. The van der Waals surface area contributed by atoms with Gasteiger partial charge < -0.3 is 0 Å². The van der Waals surface area contributed by atoms with Crippen LogP contribution in [0.25, 0.3) is 22.0 Å². The van der Waals surface area contributed by atoms with Crippen LogP contribution in [0.1, 0.15) is 5.69 Å². The first kappa shape index (κ1) is 14.1. The van der Waals surface area contributed by atoms with Crippen LogP contribution in [-0.2, 0) is 0 Å². The summed E-state index contributed by atoms with van der Waals surface area (Å²) in [6.07, 6.45) is 0. The number of pyridine rings is 1. The van der Waals surface area contributed by atoms with E-state index >= 15 is 0 Å². The van der Waals surface area contributed by atoms with Crippen molar-refractivity contribution in [3.63, 3.8) is 0 Å². The maximum Gasteiger partial charge on any atom is 0.184 e. The maximum atomic E-state index is 13.7. The molecule has 0 amide bonds. The molecule has 0 N–H and O–H groups in total. The molecule has 1 heterocycles. The highest BCUT2D eigenvalue weighted by Crippen LogP contribution is 2.34. The van der Waals surface area contributed by atoms with Crippen LogP contribution in [0.3, 0.4) is 0 Å². The van der Waals surface area contributed by atoms with Crippen LogP contribution in [0.15, 0.2) is 40.9 Å². The predicted molar refractivity (Wildman–Crippen MR) is 79.5 cm³/mol. The molecule has 0 saturated carbocycles. The highest BCUT2D eigenvalue weighted by molar-refractivity contribution is 9.10. The lowest BCUT2D eigenvalue weighted by Crippen LogP contribution is -1.95. The zero-order chi connectivity index (χ0) is 15.1. The number of hydrogen-bond acceptors (Lipinski definition) is 1. The first-order valence-electron chi connectivity index (χ1n) is 6.19. The topological polar surface area (TPSA) is 12.9 Å². The van der Waals surface area contributed by atoms with Crippen molar-refractivity contribution in [2.45, 2.75) is 6.92 Å². The van der Waals surface area contributed by atoms with Gasteiger partial charge in [0, 0.05) is 22.2 Å². The molecule has 106 valence electrons. The third-order valence-electron chi connectivity index (χ3n) is 3.31. The Kier molecular flexibility index (Phi) is 3.45. The second kappa shape index (κ2) is 5.15. The molecule has 1 nitrogen and oxygen atoms in total. The van der Waals surface area contributed by atoms with Gasteiger partial charge in [-0.15, -0.1) is 0 Å². The van der Waals surface area contributed by atoms with Crippen molar-refractivity contribution >= 4 is 26.8 Å². The van der Waals surface area contributed by atoms with E-state index in [2.05, 4.69) is 20.9 Å². The summed E-state index contributed by atoms with van der Waals surface area (Å²) in [7, 11) is 0. The average Bonchev–Trinajstić information content (AvgIpc) is 2.46. The highest BCUT2D eigenvalue weighted by Gasteiger charge is 2.14. The van der Waals surface area contributed by atoms with Gasteiger partial charge >= 0.3 is 0 Å². The Morgan fingerprint density at radius 3 is 2.48 bits per heavy atom. The van der Waals surface area contributed by atoms with E-state index in [1.54, 1.807) is 25.1 Å². The monoisotopic (exact) mass is 351 g/mol. The van der Waals surface area contributed by atoms with Gasteiger partial charge in [0.1, 0.15) is 11.3 Å². The Labute approximate surface area is 127 Å². The van der Waals surface area contributed by atoms with Crippen LogP contribution >= 0.6 is 15.9 Å². The van der Waals surface area contributed by atoms with E-state index in [0.29, 0.717) is 26.7 Å². The Bertz CT molecular complexity index is 862. The number of aryl methyl sites for hydroxylation is 1. The highest BCUT2D eigenvalue weighted by atomic mass is 79.9. The van der Waals surface area contributed by atoms with Gasteiger partial charge in [0.15, 0.2) is 11.6 Å². The Morgan fingerprint density at radius 2 is 1.71 bits per heavy atom. The van der Waals surface area contributed by atoms with Crippen molar-refractivity contribution in [1.82, 2.24) is 4.98 Å². The Balaban J connectivity index is 2.32. The van der Waals surface area contributed by atoms with E-state index in [0.717, 1.165) is 6.07 Å². The number of benzene rings is 2. The second-order valence-electron chi connectivity index (χ2n) is 4.66. The first-order chi connectivity index (χ1) is 9.99. The van der Waals surface area contributed by atoms with Gasteiger partial charge in [0.2, 0.25) is 0 Å². The minimum Gasteiger partial charge on any atom is -0.249 e. The SMILES string of the molecule is Cc1nc2c(F)c(F)ccc2cc1-c1cccc(F)c1Br. The average molecular weight is 352 g/mol. The van der Waals surface area contributed by atoms with Gasteiger partial charge in [-0.2, -0.15) is 0 Å². The van der Waals surface area contributed by atoms with Crippen LogP contribution < -0.4 is 0 Å². The third-order valence-corrected chi connectivity index (χ3v) is 4.12. The first-order valence-corrected chi connectivity index (χ1v) is 6.98. The summed E-state index contributed by atoms with van der Waals surface area (Å²) in [4.78, 5) is 4.12. The molecule has 0 aliphatic heterocycles. The lowest BCUT2D eigenvalue weighted by molar-refractivity contribution is 0.515. The maximum absolute atomic E-state index is 13.7. The van der Waals surface area contributed by atoms with Gasteiger partial charge in [-0.1, -0.05) is 12.1 Å². The molecular weight excluding hydrogens is 343 g/mol. The van der Waals surface area contributed by atoms with Gasteiger partial charge in [-0.25, -0.2) is 18.2 Å². The Hall–Kier alpha value is -1.88. The van der Waals surface area contributed by atoms with Crippen molar-refractivity contribution in [2.24, 2.45) is 0 Å². The molecule has 0 radical (unpaired) electrons. The quantitative estimate of drug-likeness (QED) is 0.572. The van der Waals surface area contributed by atoms with Crippen molar-refractivity contribution in [1.29, 1.82) is 0 Å². The van der Waals surface area contributed by atoms with E-state index in [9.17, 15) is 13.2 Å². The van der Waals surface area contributed by atoms with E-state index in [1.165, 1.54) is 12.1 Å². The lowest BCUT2D eigenvalue weighted by Gasteiger charge is -2.10. The lowest BCUT2D eigenvalue weighted by atomic mass is 10.0. The summed E-state index contributed by atoms with van der Waals surface area (Å²) in [6, 6.07) is 8.86. The van der Waals surface area contributed by atoms with E-state index < -0.39 is 17.5 Å². The largest absolute Gasteiger partial charge is 0.249 e. The number of halogens is 4. The zero-order valence-electron chi connectivity index (χ0n) is 10.9. The second-order valence-corrected chi connectivity index (χ2v) is 5.45. The summed E-state index contributed by atoms with van der Waals surface area (Å²) in [5.41, 5.74) is 1.76. The molecular formula is C16H9BrF3N. The molecule has 0 fully saturated rings. The minimum absolute atomic E-state index is 0.0243.